The number of nitrogens with zero attached hydrogens (tertiary/aromatic N) is 2. The Labute approximate surface area is 149 Å². The highest BCUT2D eigenvalue weighted by Gasteiger charge is 2.21. The molecule has 128 valence electrons. The number of carboxylic acid groups (broad SMARTS) is 1. The molecule has 1 aliphatic rings. The number of hydrogen-bond donors (Lipinski definition) is 2. The number of aromatic nitrogens is 2. The van der Waals surface area contributed by atoms with Gasteiger partial charge in [0.05, 0.1) is 5.39 Å². The van der Waals surface area contributed by atoms with Crippen LogP contribution < -0.4 is 5.32 Å². The zero-order valence-electron chi connectivity index (χ0n) is 13.8. The smallest absolute Gasteiger partial charge is 0.322 e. The summed E-state index contributed by atoms with van der Waals surface area (Å²) in [5.41, 5.74) is 2.46. The van der Waals surface area contributed by atoms with Crippen LogP contribution in [0.3, 0.4) is 0 Å². The third-order valence-corrected chi connectivity index (χ3v) is 5.66. The molecule has 2 N–H and O–H groups in total. The second-order valence-corrected chi connectivity index (χ2v) is 7.37. The summed E-state index contributed by atoms with van der Waals surface area (Å²) in [5.74, 6) is 0.503. The van der Waals surface area contributed by atoms with Crippen molar-refractivity contribution >= 4 is 33.3 Å². The van der Waals surface area contributed by atoms with Gasteiger partial charge in [-0.1, -0.05) is 30.3 Å². The Hall–Kier alpha value is -2.47. The summed E-state index contributed by atoms with van der Waals surface area (Å²) in [6.45, 7) is -0.137. The highest BCUT2D eigenvalue weighted by atomic mass is 32.1. The zero-order chi connectivity index (χ0) is 17.2. The standard InChI is InChI=1S/C19H19N3O2S/c23-16(24)11-20-18-17-13-8-4-5-9-14(13)25-19(17)22-15(21-18)10-12-6-2-1-3-7-12/h1-3,6-7H,4-5,8-11H2,(H,23,24)(H,20,21,22). The maximum atomic E-state index is 11.0. The number of anilines is 1. The Kier molecular flexibility index (Phi) is 4.36. The van der Waals surface area contributed by atoms with Gasteiger partial charge in [-0.3, -0.25) is 4.79 Å². The van der Waals surface area contributed by atoms with E-state index in [1.165, 1.54) is 23.3 Å². The normalized spacial score (nSPS) is 13.6. The third kappa shape index (κ3) is 3.35. The molecule has 1 aromatic carbocycles. The molecule has 0 fully saturated rings. The summed E-state index contributed by atoms with van der Waals surface area (Å²) in [4.78, 5) is 22.8. The molecule has 0 saturated heterocycles. The van der Waals surface area contributed by atoms with Gasteiger partial charge in [-0.25, -0.2) is 9.97 Å². The highest BCUT2D eigenvalue weighted by molar-refractivity contribution is 7.19. The van der Waals surface area contributed by atoms with Gasteiger partial charge in [-0.2, -0.15) is 0 Å². The number of aryl methyl sites for hydroxylation is 2. The maximum absolute atomic E-state index is 11.0. The topological polar surface area (TPSA) is 75.1 Å². The summed E-state index contributed by atoms with van der Waals surface area (Å²) in [6, 6.07) is 10.1. The molecule has 0 unspecified atom stereocenters. The van der Waals surface area contributed by atoms with Gasteiger partial charge in [0.15, 0.2) is 0 Å². The van der Waals surface area contributed by atoms with Crippen LogP contribution in [0.2, 0.25) is 0 Å². The van der Waals surface area contributed by atoms with E-state index in [9.17, 15) is 4.79 Å². The first-order valence-corrected chi connectivity index (χ1v) is 9.33. The average molecular weight is 353 g/mol. The van der Waals surface area contributed by atoms with Crippen molar-refractivity contribution in [3.05, 3.63) is 52.2 Å². The van der Waals surface area contributed by atoms with Crippen molar-refractivity contribution in [1.82, 2.24) is 9.97 Å². The van der Waals surface area contributed by atoms with E-state index >= 15 is 0 Å². The summed E-state index contributed by atoms with van der Waals surface area (Å²) in [6.07, 6.45) is 5.13. The molecule has 4 rings (SSSR count). The third-order valence-electron chi connectivity index (χ3n) is 4.47. The summed E-state index contributed by atoms with van der Waals surface area (Å²) in [7, 11) is 0. The number of nitrogens with one attached hydrogen (secondary N) is 1. The van der Waals surface area contributed by atoms with Crippen LogP contribution >= 0.6 is 11.3 Å². The second-order valence-electron chi connectivity index (χ2n) is 6.29. The molecular formula is C19H19N3O2S. The summed E-state index contributed by atoms with van der Waals surface area (Å²) < 4.78 is 0. The van der Waals surface area contributed by atoms with Gasteiger partial charge in [0, 0.05) is 11.3 Å². The van der Waals surface area contributed by atoms with Crippen LogP contribution in [-0.4, -0.2) is 27.6 Å². The van der Waals surface area contributed by atoms with Gasteiger partial charge in [-0.15, -0.1) is 11.3 Å². The SMILES string of the molecule is O=C(O)CNc1nc(Cc2ccccc2)nc2sc3c(c12)CCCC3. The fourth-order valence-electron chi connectivity index (χ4n) is 3.35. The lowest BCUT2D eigenvalue weighted by Gasteiger charge is -2.12. The summed E-state index contributed by atoms with van der Waals surface area (Å²) >= 11 is 1.73. The molecule has 2 aromatic heterocycles. The van der Waals surface area contributed by atoms with Gasteiger partial charge in [0.2, 0.25) is 0 Å². The Bertz CT molecular complexity index is 921. The number of fused-ring (bicyclic) bond motifs is 3. The van der Waals surface area contributed by atoms with Crippen molar-refractivity contribution in [2.24, 2.45) is 0 Å². The number of benzene rings is 1. The first-order valence-electron chi connectivity index (χ1n) is 8.51. The molecule has 0 bridgehead atoms. The van der Waals surface area contributed by atoms with Crippen LogP contribution in [0, 0.1) is 0 Å². The first-order chi connectivity index (χ1) is 12.2. The molecular weight excluding hydrogens is 334 g/mol. The van der Waals surface area contributed by atoms with Crippen molar-refractivity contribution in [3.63, 3.8) is 0 Å². The lowest BCUT2D eigenvalue weighted by molar-refractivity contribution is -0.134. The Balaban J connectivity index is 1.78. The molecule has 0 radical (unpaired) electrons. The van der Waals surface area contributed by atoms with Crippen LogP contribution in [0.25, 0.3) is 10.2 Å². The number of carbonyl (C=O) groups is 1. The monoisotopic (exact) mass is 353 g/mol. The van der Waals surface area contributed by atoms with E-state index in [1.54, 1.807) is 11.3 Å². The number of aliphatic carboxylic acids is 1. The molecule has 0 spiro atoms. The van der Waals surface area contributed by atoms with E-state index in [0.717, 1.165) is 34.4 Å². The minimum Gasteiger partial charge on any atom is -0.480 e. The first kappa shape index (κ1) is 16.0. The molecule has 1 aliphatic carbocycles. The minimum atomic E-state index is -0.888. The van der Waals surface area contributed by atoms with Crippen LogP contribution in [0.4, 0.5) is 5.82 Å². The molecule has 0 saturated carbocycles. The van der Waals surface area contributed by atoms with E-state index in [0.29, 0.717) is 12.2 Å². The largest absolute Gasteiger partial charge is 0.480 e. The van der Waals surface area contributed by atoms with E-state index in [-0.39, 0.29) is 6.54 Å². The Morgan fingerprint density at radius 2 is 1.96 bits per heavy atom. The van der Waals surface area contributed by atoms with Crippen LogP contribution in [0.5, 0.6) is 0 Å². The van der Waals surface area contributed by atoms with Crippen LogP contribution in [0.15, 0.2) is 30.3 Å². The molecule has 5 nitrogen and oxygen atoms in total. The lowest BCUT2D eigenvalue weighted by Crippen LogP contribution is -2.15. The van der Waals surface area contributed by atoms with Gasteiger partial charge in [-0.05, 0) is 36.8 Å². The van der Waals surface area contributed by atoms with Gasteiger partial charge in [0.1, 0.15) is 23.0 Å². The highest BCUT2D eigenvalue weighted by Crippen LogP contribution is 2.38. The average Bonchev–Trinajstić information content (AvgIpc) is 2.99. The zero-order valence-corrected chi connectivity index (χ0v) is 14.6. The number of hydrogen-bond acceptors (Lipinski definition) is 5. The van der Waals surface area contributed by atoms with E-state index in [1.807, 2.05) is 18.2 Å². The van der Waals surface area contributed by atoms with E-state index in [2.05, 4.69) is 22.4 Å². The van der Waals surface area contributed by atoms with Crippen LogP contribution in [-0.2, 0) is 24.1 Å². The number of thiophene rings is 1. The fraction of sp³-hybridized carbons (Fsp3) is 0.316. The number of carboxylic acids is 1. The molecule has 25 heavy (non-hydrogen) atoms. The Morgan fingerprint density at radius 3 is 2.76 bits per heavy atom. The second kappa shape index (κ2) is 6.80. The van der Waals surface area contributed by atoms with E-state index < -0.39 is 5.97 Å². The van der Waals surface area contributed by atoms with Crippen molar-refractivity contribution in [2.45, 2.75) is 32.1 Å². The van der Waals surface area contributed by atoms with E-state index in [4.69, 9.17) is 10.1 Å². The number of rotatable bonds is 5. The van der Waals surface area contributed by atoms with Crippen LogP contribution in [0.1, 0.15) is 34.7 Å². The summed E-state index contributed by atoms with van der Waals surface area (Å²) in [5, 5.41) is 13.1. The molecule has 0 amide bonds. The van der Waals surface area contributed by atoms with Gasteiger partial charge in [0.25, 0.3) is 0 Å². The van der Waals surface area contributed by atoms with Gasteiger partial charge < -0.3 is 10.4 Å². The molecule has 0 atom stereocenters. The predicted octanol–water partition coefficient (Wildman–Crippen LogP) is 3.66. The fourth-order valence-corrected chi connectivity index (χ4v) is 4.63. The van der Waals surface area contributed by atoms with Crippen molar-refractivity contribution in [2.75, 3.05) is 11.9 Å². The molecule has 2 heterocycles. The molecule has 6 heteroatoms. The Morgan fingerprint density at radius 1 is 1.16 bits per heavy atom. The minimum absolute atomic E-state index is 0.137. The predicted molar refractivity (Wildman–Crippen MR) is 99.4 cm³/mol. The van der Waals surface area contributed by atoms with Gasteiger partial charge >= 0.3 is 5.97 Å². The van der Waals surface area contributed by atoms with Crippen molar-refractivity contribution < 1.29 is 9.90 Å². The lowest BCUT2D eigenvalue weighted by atomic mass is 9.97. The molecule has 0 aliphatic heterocycles. The van der Waals surface area contributed by atoms with Crippen molar-refractivity contribution in [3.8, 4) is 0 Å². The van der Waals surface area contributed by atoms with Crippen molar-refractivity contribution in [1.29, 1.82) is 0 Å². The maximum Gasteiger partial charge on any atom is 0.322 e. The molecule has 3 aromatic rings. The quantitative estimate of drug-likeness (QED) is 0.732.